The van der Waals surface area contributed by atoms with Gasteiger partial charge in [0.1, 0.15) is 0 Å². The van der Waals surface area contributed by atoms with Gasteiger partial charge in [-0.05, 0) is 48.4 Å². The number of rotatable bonds is 3. The maximum Gasteiger partial charge on any atom is 0.240 e. The molecule has 0 aliphatic heterocycles. The van der Waals surface area contributed by atoms with Gasteiger partial charge in [-0.15, -0.1) is 0 Å². The highest BCUT2D eigenvalue weighted by Gasteiger charge is 2.66. The fourth-order valence-electron chi connectivity index (χ4n) is 4.38. The summed E-state index contributed by atoms with van der Waals surface area (Å²) in [5.74, 6) is 0.149. The molecule has 4 N–H and O–H groups in total. The Labute approximate surface area is 132 Å². The number of aliphatic hydroxyl groups excluding tert-OH is 1. The van der Waals surface area contributed by atoms with Gasteiger partial charge >= 0.3 is 0 Å². The zero-order chi connectivity index (χ0) is 16.3. The van der Waals surface area contributed by atoms with Crippen molar-refractivity contribution in [1.29, 1.82) is 0 Å². The van der Waals surface area contributed by atoms with Crippen molar-refractivity contribution >= 4 is 15.7 Å². The van der Waals surface area contributed by atoms with Crippen LogP contribution < -0.4 is 10.5 Å². The monoisotopic (exact) mass is 324 g/mol. The molecule has 4 atom stereocenters. The standard InChI is InChI=1S/C16H24N2O3S/c1-15(2)12-8-9-16(15,3)14(19)13(12)18-22(20,21)11-6-4-10(17)5-7-11/h4-7,12-14,18-19H,8-9,17H2,1-3H3. The third kappa shape index (κ3) is 2.01. The highest BCUT2D eigenvalue weighted by atomic mass is 32.2. The average Bonchev–Trinajstić information content (AvgIpc) is 2.73. The maximum absolute atomic E-state index is 12.6. The molecule has 2 aliphatic rings. The Morgan fingerprint density at radius 3 is 2.32 bits per heavy atom. The summed E-state index contributed by atoms with van der Waals surface area (Å²) < 4.78 is 27.9. The Morgan fingerprint density at radius 2 is 1.82 bits per heavy atom. The van der Waals surface area contributed by atoms with E-state index >= 15 is 0 Å². The van der Waals surface area contributed by atoms with Crippen molar-refractivity contribution < 1.29 is 13.5 Å². The van der Waals surface area contributed by atoms with Crippen molar-refractivity contribution in [2.24, 2.45) is 16.7 Å². The molecule has 2 fully saturated rings. The number of nitrogens with two attached hydrogens (primary N) is 1. The molecule has 2 saturated carbocycles. The fraction of sp³-hybridized carbons (Fsp3) is 0.625. The molecule has 1 aromatic rings. The summed E-state index contributed by atoms with van der Waals surface area (Å²) in [6.45, 7) is 6.33. The number of aliphatic hydroxyl groups is 1. The Bertz CT molecular complexity index is 684. The van der Waals surface area contributed by atoms with Gasteiger partial charge in [0.15, 0.2) is 0 Å². The van der Waals surface area contributed by atoms with Crippen molar-refractivity contribution in [1.82, 2.24) is 4.72 Å². The van der Waals surface area contributed by atoms with E-state index in [1.807, 2.05) is 0 Å². The first-order chi connectivity index (χ1) is 10.1. The molecule has 0 aromatic heterocycles. The van der Waals surface area contributed by atoms with Gasteiger partial charge in [-0.3, -0.25) is 0 Å². The Kier molecular flexibility index (Phi) is 3.36. The first-order valence-electron chi connectivity index (χ1n) is 7.65. The molecule has 0 radical (unpaired) electrons. The van der Waals surface area contributed by atoms with E-state index < -0.39 is 22.2 Å². The summed E-state index contributed by atoms with van der Waals surface area (Å²) in [5.41, 5.74) is 5.80. The van der Waals surface area contributed by atoms with Gasteiger partial charge in [0.05, 0.1) is 17.0 Å². The van der Waals surface area contributed by atoms with Crippen LogP contribution in [0.1, 0.15) is 33.6 Å². The van der Waals surface area contributed by atoms with Gasteiger partial charge < -0.3 is 10.8 Å². The van der Waals surface area contributed by atoms with E-state index in [1.54, 1.807) is 12.1 Å². The molecular formula is C16H24N2O3S. The van der Waals surface area contributed by atoms with Crippen LogP contribution in [0.4, 0.5) is 5.69 Å². The number of hydrogen-bond donors (Lipinski definition) is 3. The molecule has 0 amide bonds. The predicted molar refractivity (Wildman–Crippen MR) is 85.6 cm³/mol. The lowest BCUT2D eigenvalue weighted by molar-refractivity contribution is 0.00348. The van der Waals surface area contributed by atoms with Crippen LogP contribution >= 0.6 is 0 Å². The maximum atomic E-state index is 12.6. The van der Waals surface area contributed by atoms with Gasteiger partial charge in [-0.1, -0.05) is 20.8 Å². The summed E-state index contributed by atoms with van der Waals surface area (Å²) in [5, 5.41) is 10.7. The molecule has 122 valence electrons. The lowest BCUT2D eigenvalue weighted by Crippen LogP contribution is -2.49. The Balaban J connectivity index is 1.89. The van der Waals surface area contributed by atoms with Gasteiger partial charge in [0.2, 0.25) is 10.0 Å². The number of hydrogen-bond acceptors (Lipinski definition) is 4. The molecule has 22 heavy (non-hydrogen) atoms. The molecule has 0 heterocycles. The average molecular weight is 324 g/mol. The van der Waals surface area contributed by atoms with Crippen LogP contribution in [0.2, 0.25) is 0 Å². The van der Waals surface area contributed by atoms with E-state index in [4.69, 9.17) is 5.73 Å². The first kappa shape index (κ1) is 15.8. The van der Waals surface area contributed by atoms with E-state index in [1.165, 1.54) is 12.1 Å². The lowest BCUT2D eigenvalue weighted by atomic mass is 9.70. The molecule has 2 aliphatic carbocycles. The quantitative estimate of drug-likeness (QED) is 0.738. The van der Waals surface area contributed by atoms with Gasteiger partial charge in [0.25, 0.3) is 0 Å². The van der Waals surface area contributed by atoms with Crippen LogP contribution in [0.5, 0.6) is 0 Å². The highest BCUT2D eigenvalue weighted by molar-refractivity contribution is 7.89. The number of benzene rings is 1. The van der Waals surface area contributed by atoms with E-state index in [2.05, 4.69) is 25.5 Å². The van der Waals surface area contributed by atoms with E-state index in [-0.39, 0.29) is 21.6 Å². The molecule has 0 saturated heterocycles. The van der Waals surface area contributed by atoms with Crippen LogP contribution in [0.25, 0.3) is 0 Å². The van der Waals surface area contributed by atoms with Crippen LogP contribution in [0, 0.1) is 16.7 Å². The molecule has 5 nitrogen and oxygen atoms in total. The highest BCUT2D eigenvalue weighted by Crippen LogP contribution is 2.65. The third-order valence-electron chi connectivity index (χ3n) is 6.28. The molecule has 2 bridgehead atoms. The Hall–Kier alpha value is -1.11. The minimum atomic E-state index is -3.66. The summed E-state index contributed by atoms with van der Waals surface area (Å²) in [7, 11) is -3.66. The summed E-state index contributed by atoms with van der Waals surface area (Å²) in [6, 6.07) is 5.68. The number of nitrogen functional groups attached to an aromatic ring is 1. The number of anilines is 1. The van der Waals surface area contributed by atoms with Gasteiger partial charge in [-0.2, -0.15) is 0 Å². The molecule has 1 aromatic carbocycles. The second-order valence-corrected chi connectivity index (χ2v) is 9.16. The summed E-state index contributed by atoms with van der Waals surface area (Å²) in [4.78, 5) is 0.180. The summed E-state index contributed by atoms with van der Waals surface area (Å²) >= 11 is 0. The van der Waals surface area contributed by atoms with Crippen molar-refractivity contribution in [3.8, 4) is 0 Å². The summed E-state index contributed by atoms with van der Waals surface area (Å²) in [6.07, 6.45) is 1.21. The van der Waals surface area contributed by atoms with Crippen molar-refractivity contribution in [3.63, 3.8) is 0 Å². The largest absolute Gasteiger partial charge is 0.399 e. The Morgan fingerprint density at radius 1 is 1.23 bits per heavy atom. The topological polar surface area (TPSA) is 92.4 Å². The number of fused-ring (bicyclic) bond motifs is 2. The van der Waals surface area contributed by atoms with E-state index in [0.29, 0.717) is 5.69 Å². The molecule has 0 spiro atoms. The minimum absolute atomic E-state index is 0.0826. The SMILES string of the molecule is CC1(C)C2CCC1(C)C(O)C2NS(=O)(=O)c1ccc(N)cc1. The zero-order valence-electron chi connectivity index (χ0n) is 13.2. The molecule has 4 unspecified atom stereocenters. The zero-order valence-corrected chi connectivity index (χ0v) is 14.0. The van der Waals surface area contributed by atoms with Crippen LogP contribution in [0.3, 0.4) is 0 Å². The van der Waals surface area contributed by atoms with Crippen molar-refractivity contribution in [3.05, 3.63) is 24.3 Å². The van der Waals surface area contributed by atoms with E-state index in [0.717, 1.165) is 12.8 Å². The van der Waals surface area contributed by atoms with Crippen molar-refractivity contribution in [2.45, 2.75) is 50.7 Å². The predicted octanol–water partition coefficient (Wildman–Crippen LogP) is 1.73. The third-order valence-corrected chi connectivity index (χ3v) is 7.76. The molecule has 6 heteroatoms. The fourth-order valence-corrected chi connectivity index (χ4v) is 5.66. The van der Waals surface area contributed by atoms with Crippen molar-refractivity contribution in [2.75, 3.05) is 5.73 Å². The van der Waals surface area contributed by atoms with Crippen LogP contribution in [0.15, 0.2) is 29.2 Å². The van der Waals surface area contributed by atoms with Gasteiger partial charge in [-0.25, -0.2) is 13.1 Å². The van der Waals surface area contributed by atoms with Crippen LogP contribution in [-0.2, 0) is 10.0 Å². The molecular weight excluding hydrogens is 300 g/mol. The molecule has 3 rings (SSSR count). The number of sulfonamides is 1. The lowest BCUT2D eigenvalue weighted by Gasteiger charge is -2.37. The number of nitrogens with one attached hydrogen (secondary N) is 1. The van der Waals surface area contributed by atoms with E-state index in [9.17, 15) is 13.5 Å². The van der Waals surface area contributed by atoms with Gasteiger partial charge in [0, 0.05) is 11.1 Å². The normalized spacial score (nSPS) is 36.6. The minimum Gasteiger partial charge on any atom is -0.399 e. The second kappa shape index (κ2) is 4.69. The first-order valence-corrected chi connectivity index (χ1v) is 9.14. The smallest absolute Gasteiger partial charge is 0.240 e. The second-order valence-electron chi connectivity index (χ2n) is 7.45. The van der Waals surface area contributed by atoms with Crippen LogP contribution in [-0.4, -0.2) is 25.7 Å².